The van der Waals surface area contributed by atoms with E-state index in [4.69, 9.17) is 30.4 Å². The molecule has 6 saturated carbocycles. The molecule has 2 aromatic carbocycles. The standard InChI is InChI=1S/C31H39NO6.C28H35NO5/c1-4-5-27-37-26-15-23-22-11-6-18-14-20(33)12-13-29(18,2)28(22)24(34)16-30(23,3)31(26,38-27)25(35)17-36-21-9-7-19(32)8-10-21;1-16-12-20-21-9-11-28(33,24(32)15-34-19-6-4-17(29)5-7-19)27(21,3)14-23(31)25(20)26(2)10-8-18(30)13-22(16)26/h7-10,12-14,22-24,26-28,34H,4-6,11,15-17,32H2,1-3H3;4-8,10,13,16,20-21,23,25,31,33H,9,11-12,14-15,29H2,1-3H3/t22-,23-,24-,26+,27+,28+,29-,30-,31+;16-,20-,21-,23-,25+,26-,27-,28-/m00/s1. The molecule has 8 aliphatic carbocycles. The highest BCUT2D eigenvalue weighted by molar-refractivity contribution is 6.02. The van der Waals surface area contributed by atoms with Gasteiger partial charge in [0.25, 0.3) is 0 Å². The molecule has 72 heavy (non-hydrogen) atoms. The van der Waals surface area contributed by atoms with Crippen molar-refractivity contribution in [3.05, 3.63) is 96.1 Å². The van der Waals surface area contributed by atoms with Crippen molar-refractivity contribution in [2.45, 2.75) is 142 Å². The summed E-state index contributed by atoms with van der Waals surface area (Å²) in [6.45, 7) is 12.3. The zero-order valence-electron chi connectivity index (χ0n) is 42.7. The SMILES string of the molecule is CCC[C@@H]1O[C@@H]2C[C@H]3[C@@H]4CCC5=CC(=O)C=C[C@]5(C)[C@H]4[C@@H](O)C[C@]3(C)[C@]2(C(=O)COc2ccc(N)cc2)O1.C[C@H]1C[C@@H]2[C@H]([C@@H](O)C[C@@]3(C)[C@H]2CC[C@]3(O)C(=O)COc2ccc(N)cc2)[C@@]2(C)C=CC(=O)C=C12. The number of benzene rings is 2. The van der Waals surface area contributed by atoms with E-state index in [9.17, 15) is 34.5 Å². The van der Waals surface area contributed by atoms with E-state index in [1.807, 2.05) is 19.1 Å². The van der Waals surface area contributed by atoms with Crippen LogP contribution in [0.4, 0.5) is 11.4 Å². The van der Waals surface area contributed by atoms with Crippen LogP contribution in [0.15, 0.2) is 96.1 Å². The molecule has 0 aromatic heterocycles. The Kier molecular flexibility index (Phi) is 12.8. The highest BCUT2D eigenvalue weighted by Crippen LogP contribution is 2.71. The fraction of sp³-hybridized carbons (Fsp3) is 0.593. The normalized spacial score (nSPS) is 43.0. The van der Waals surface area contributed by atoms with Crippen molar-refractivity contribution < 1.29 is 53.4 Å². The summed E-state index contributed by atoms with van der Waals surface area (Å²) in [5, 5.41) is 35.1. The summed E-state index contributed by atoms with van der Waals surface area (Å²) in [4.78, 5) is 51.8. The largest absolute Gasteiger partial charge is 0.486 e. The summed E-state index contributed by atoms with van der Waals surface area (Å²) in [6.07, 6.45) is 15.4. The third kappa shape index (κ3) is 7.72. The number of fused-ring (bicyclic) bond motifs is 12. The van der Waals surface area contributed by atoms with E-state index in [2.05, 4.69) is 34.6 Å². The van der Waals surface area contributed by atoms with Crippen LogP contribution in [0.3, 0.4) is 0 Å². The first-order valence-electron chi connectivity index (χ1n) is 26.5. The maximum Gasteiger partial charge on any atom is 0.205 e. The lowest BCUT2D eigenvalue weighted by Crippen LogP contribution is -2.63. The van der Waals surface area contributed by atoms with Crippen molar-refractivity contribution in [1.29, 1.82) is 0 Å². The maximum atomic E-state index is 14.2. The first-order chi connectivity index (χ1) is 34.1. The second-order valence-corrected chi connectivity index (χ2v) is 23.8. The first kappa shape index (κ1) is 50.6. The minimum absolute atomic E-state index is 0.00912. The number of anilines is 2. The van der Waals surface area contributed by atoms with Gasteiger partial charge in [-0.3, -0.25) is 19.2 Å². The van der Waals surface area contributed by atoms with E-state index < -0.39 is 40.5 Å². The molecule has 11 rings (SSSR count). The predicted octanol–water partition coefficient (Wildman–Crippen LogP) is 7.86. The van der Waals surface area contributed by atoms with Gasteiger partial charge in [0, 0.05) is 44.9 Å². The van der Waals surface area contributed by atoms with Crippen LogP contribution in [0.2, 0.25) is 0 Å². The van der Waals surface area contributed by atoms with Crippen LogP contribution in [0.25, 0.3) is 0 Å². The van der Waals surface area contributed by atoms with E-state index in [1.54, 1.807) is 72.8 Å². The molecule has 7 N–H and O–H groups in total. The van der Waals surface area contributed by atoms with Gasteiger partial charge in [-0.05, 0) is 160 Å². The Labute approximate surface area is 423 Å². The minimum atomic E-state index is -1.55. The van der Waals surface area contributed by atoms with Crippen molar-refractivity contribution >= 4 is 34.5 Å². The number of rotatable bonds is 10. The molecule has 386 valence electrons. The molecule has 9 aliphatic rings. The van der Waals surface area contributed by atoms with Gasteiger partial charge in [0.05, 0.1) is 18.3 Å². The molecule has 1 aliphatic heterocycles. The third-order valence-corrected chi connectivity index (χ3v) is 20.2. The van der Waals surface area contributed by atoms with Gasteiger partial charge in [-0.2, -0.15) is 0 Å². The zero-order chi connectivity index (χ0) is 51.3. The Morgan fingerprint density at radius 3 is 1.93 bits per heavy atom. The van der Waals surface area contributed by atoms with Gasteiger partial charge < -0.3 is 45.7 Å². The molecular formula is C59H74N2O11. The number of ether oxygens (including phenoxy) is 4. The third-order valence-electron chi connectivity index (χ3n) is 20.2. The molecule has 13 heteroatoms. The van der Waals surface area contributed by atoms with Crippen LogP contribution in [0, 0.1) is 63.1 Å². The van der Waals surface area contributed by atoms with Crippen molar-refractivity contribution in [2.75, 3.05) is 24.7 Å². The lowest BCUT2D eigenvalue weighted by Gasteiger charge is -2.60. The maximum absolute atomic E-state index is 14.2. The quantitative estimate of drug-likeness (QED) is 0.144. The lowest BCUT2D eigenvalue weighted by atomic mass is 9.45. The summed E-state index contributed by atoms with van der Waals surface area (Å²) in [7, 11) is 0. The second kappa shape index (κ2) is 18.2. The molecule has 0 unspecified atom stereocenters. The van der Waals surface area contributed by atoms with Gasteiger partial charge in [0.1, 0.15) is 30.3 Å². The summed E-state index contributed by atoms with van der Waals surface area (Å²) >= 11 is 0. The number of hydrogen-bond donors (Lipinski definition) is 5. The van der Waals surface area contributed by atoms with Crippen molar-refractivity contribution in [3.8, 4) is 11.5 Å². The molecule has 0 bridgehead atoms. The Morgan fingerprint density at radius 1 is 0.736 bits per heavy atom. The van der Waals surface area contributed by atoms with Crippen LogP contribution >= 0.6 is 0 Å². The number of ketones is 4. The molecule has 13 nitrogen and oxygen atoms in total. The fourth-order valence-corrected chi connectivity index (χ4v) is 16.9. The van der Waals surface area contributed by atoms with Gasteiger partial charge in [-0.15, -0.1) is 0 Å². The predicted molar refractivity (Wildman–Crippen MR) is 271 cm³/mol. The number of aliphatic hydroxyl groups is 3. The number of carbonyl (C=O) groups excluding carboxylic acids is 4. The van der Waals surface area contributed by atoms with Crippen LogP contribution in [0.1, 0.15) is 106 Å². The average Bonchev–Trinajstić information content (AvgIpc) is 3.93. The van der Waals surface area contributed by atoms with Gasteiger partial charge in [0.2, 0.25) is 11.6 Å². The second-order valence-electron chi connectivity index (χ2n) is 23.8. The summed E-state index contributed by atoms with van der Waals surface area (Å²) in [5.41, 5.74) is 10.2. The Bertz CT molecular complexity index is 2620. The molecule has 1 heterocycles. The Morgan fingerprint density at radius 2 is 1.31 bits per heavy atom. The molecule has 2 aromatic rings. The number of Topliss-reactive ketones (excluding diaryl/α,β-unsaturated/α-hetero) is 2. The van der Waals surface area contributed by atoms with Crippen molar-refractivity contribution in [2.24, 2.45) is 63.1 Å². The van der Waals surface area contributed by atoms with Crippen molar-refractivity contribution in [3.63, 3.8) is 0 Å². The smallest absolute Gasteiger partial charge is 0.205 e. The highest BCUT2D eigenvalue weighted by Gasteiger charge is 2.76. The molecule has 17 atom stereocenters. The van der Waals surface area contributed by atoms with Gasteiger partial charge in [0.15, 0.2) is 23.5 Å². The Balaban J connectivity index is 0.000000167. The van der Waals surface area contributed by atoms with E-state index in [-0.39, 0.29) is 94.7 Å². The summed E-state index contributed by atoms with van der Waals surface area (Å²) in [5.74, 6) is 1.42. The van der Waals surface area contributed by atoms with Crippen LogP contribution in [-0.4, -0.2) is 87.5 Å². The average molecular weight is 987 g/mol. The van der Waals surface area contributed by atoms with Crippen LogP contribution in [0.5, 0.6) is 11.5 Å². The molecule has 0 spiro atoms. The van der Waals surface area contributed by atoms with Crippen molar-refractivity contribution in [1.82, 2.24) is 0 Å². The topological polar surface area (TPSA) is 218 Å². The van der Waals surface area contributed by atoms with E-state index in [0.717, 1.165) is 49.7 Å². The van der Waals surface area contributed by atoms with E-state index in [1.165, 1.54) is 0 Å². The molecule has 7 fully saturated rings. The summed E-state index contributed by atoms with van der Waals surface area (Å²) in [6, 6.07) is 13.8. The molecule has 1 saturated heterocycles. The van der Waals surface area contributed by atoms with Gasteiger partial charge >= 0.3 is 0 Å². The number of allylic oxidation sites excluding steroid dienone is 8. The molecular weight excluding hydrogens is 913 g/mol. The number of nitrogen functional groups attached to an aromatic ring is 2. The number of carbonyl (C=O) groups is 4. The highest BCUT2D eigenvalue weighted by atomic mass is 16.7. The number of hydrogen-bond acceptors (Lipinski definition) is 13. The van der Waals surface area contributed by atoms with Gasteiger partial charge in [-0.25, -0.2) is 0 Å². The lowest BCUT2D eigenvalue weighted by molar-refractivity contribution is -0.200. The van der Waals surface area contributed by atoms with Gasteiger partial charge in [-0.1, -0.05) is 71.3 Å². The van der Waals surface area contributed by atoms with Crippen LogP contribution < -0.4 is 20.9 Å². The van der Waals surface area contributed by atoms with Crippen LogP contribution in [-0.2, 0) is 28.7 Å². The molecule has 0 amide bonds. The van der Waals surface area contributed by atoms with E-state index >= 15 is 0 Å². The molecule has 0 radical (unpaired) electrons. The zero-order valence-corrected chi connectivity index (χ0v) is 42.7. The Hall–Kier alpha value is -4.92. The monoisotopic (exact) mass is 987 g/mol. The minimum Gasteiger partial charge on any atom is -0.486 e. The number of aliphatic hydroxyl groups excluding tert-OH is 2. The number of nitrogens with two attached hydrogens (primary N) is 2. The van der Waals surface area contributed by atoms with E-state index in [0.29, 0.717) is 48.6 Å². The fourth-order valence-electron chi connectivity index (χ4n) is 16.9. The first-order valence-corrected chi connectivity index (χ1v) is 26.5. The summed E-state index contributed by atoms with van der Waals surface area (Å²) < 4.78 is 24.8.